The first kappa shape index (κ1) is 6.03. The highest BCUT2D eigenvalue weighted by Crippen LogP contribution is 2.16. The Bertz CT molecular complexity index is 393. The molecule has 0 aliphatic rings. The van der Waals surface area contributed by atoms with E-state index in [0.717, 1.165) is 5.52 Å². The maximum atomic E-state index is 9.28. The number of hydrogen-bond acceptors (Lipinski definition) is 3. The first-order valence-electron chi connectivity index (χ1n) is 3.20. The van der Waals surface area contributed by atoms with Crippen LogP contribution in [-0.4, -0.2) is 14.5 Å². The van der Waals surface area contributed by atoms with Crippen molar-refractivity contribution in [2.75, 3.05) is 5.73 Å². The number of nitrogens with zero attached hydrogens (tertiary/aromatic N) is 2. The lowest BCUT2D eigenvalue weighted by molar-refractivity contribution is 0.447. The summed E-state index contributed by atoms with van der Waals surface area (Å²) in [7, 11) is 0. The fourth-order valence-electron chi connectivity index (χ4n) is 1.05. The summed E-state index contributed by atoms with van der Waals surface area (Å²) in [6, 6.07) is 5.12. The number of nitrogen functional groups attached to an aromatic ring is 1. The predicted molar refractivity (Wildman–Crippen MR) is 41.3 cm³/mol. The number of fused-ring (bicyclic) bond motifs is 1. The highest BCUT2D eigenvalue weighted by Gasteiger charge is 2.01. The van der Waals surface area contributed by atoms with Gasteiger partial charge in [-0.05, 0) is 12.1 Å². The molecule has 0 radical (unpaired) electrons. The Hall–Kier alpha value is -1.71. The van der Waals surface area contributed by atoms with Crippen LogP contribution in [0.25, 0.3) is 5.52 Å². The number of nitrogens with two attached hydrogens (primary N) is 1. The Morgan fingerprint density at radius 3 is 3.00 bits per heavy atom. The van der Waals surface area contributed by atoms with Crippen molar-refractivity contribution in [1.29, 1.82) is 0 Å². The van der Waals surface area contributed by atoms with Gasteiger partial charge >= 0.3 is 0 Å². The first-order chi connectivity index (χ1) is 5.29. The summed E-state index contributed by atoms with van der Waals surface area (Å²) in [5.41, 5.74) is 6.26. The summed E-state index contributed by atoms with van der Waals surface area (Å²) >= 11 is 0. The molecule has 2 rings (SSSR count). The standard InChI is InChI=1S/C7H7N3O/c8-7-9-4-5-2-1-3-6(11)10(5)7/h1-4,11H,(H2,8,9). The van der Waals surface area contributed by atoms with Crippen molar-refractivity contribution in [3.05, 3.63) is 24.4 Å². The molecule has 0 spiro atoms. The molecular formula is C7H7N3O. The molecule has 0 amide bonds. The van der Waals surface area contributed by atoms with E-state index < -0.39 is 0 Å². The van der Waals surface area contributed by atoms with Gasteiger partial charge in [-0.3, -0.25) is 0 Å². The fraction of sp³-hybridized carbons (Fsp3) is 0. The molecule has 0 unspecified atom stereocenters. The fourth-order valence-corrected chi connectivity index (χ4v) is 1.05. The van der Waals surface area contributed by atoms with Crippen molar-refractivity contribution < 1.29 is 5.11 Å². The van der Waals surface area contributed by atoms with Gasteiger partial charge in [0.15, 0.2) is 5.88 Å². The lowest BCUT2D eigenvalue weighted by atomic mass is 10.4. The van der Waals surface area contributed by atoms with Crippen molar-refractivity contribution in [2.45, 2.75) is 0 Å². The normalized spacial score (nSPS) is 10.5. The largest absolute Gasteiger partial charge is 0.494 e. The molecule has 3 N–H and O–H groups in total. The van der Waals surface area contributed by atoms with E-state index in [1.165, 1.54) is 4.40 Å². The Labute approximate surface area is 62.9 Å². The Morgan fingerprint density at radius 2 is 2.27 bits per heavy atom. The predicted octanol–water partition coefficient (Wildman–Crippen LogP) is 0.622. The maximum absolute atomic E-state index is 9.28. The summed E-state index contributed by atoms with van der Waals surface area (Å²) in [6.45, 7) is 0. The smallest absolute Gasteiger partial charge is 0.207 e. The van der Waals surface area contributed by atoms with Crippen LogP contribution in [0.4, 0.5) is 5.95 Å². The van der Waals surface area contributed by atoms with Gasteiger partial charge in [-0.2, -0.15) is 0 Å². The third-order valence-electron chi connectivity index (χ3n) is 1.56. The van der Waals surface area contributed by atoms with Crippen LogP contribution in [0.5, 0.6) is 5.88 Å². The Morgan fingerprint density at radius 1 is 1.45 bits per heavy atom. The number of aromatic hydroxyl groups is 1. The average molecular weight is 149 g/mol. The van der Waals surface area contributed by atoms with Crippen LogP contribution in [0.2, 0.25) is 0 Å². The van der Waals surface area contributed by atoms with Gasteiger partial charge in [0, 0.05) is 0 Å². The number of hydrogen-bond donors (Lipinski definition) is 2. The van der Waals surface area contributed by atoms with Gasteiger partial charge in [-0.1, -0.05) is 6.07 Å². The van der Waals surface area contributed by atoms with Crippen LogP contribution in [0.15, 0.2) is 24.4 Å². The molecule has 56 valence electrons. The Balaban J connectivity index is 2.96. The summed E-state index contributed by atoms with van der Waals surface area (Å²) in [5.74, 6) is 0.413. The molecule has 2 aromatic heterocycles. The molecule has 0 atom stereocenters. The van der Waals surface area contributed by atoms with Crippen LogP contribution < -0.4 is 5.73 Å². The van der Waals surface area contributed by atoms with Gasteiger partial charge < -0.3 is 10.8 Å². The number of anilines is 1. The third-order valence-corrected chi connectivity index (χ3v) is 1.56. The van der Waals surface area contributed by atoms with E-state index in [2.05, 4.69) is 4.98 Å². The molecule has 11 heavy (non-hydrogen) atoms. The van der Waals surface area contributed by atoms with Crippen molar-refractivity contribution in [2.24, 2.45) is 0 Å². The van der Waals surface area contributed by atoms with Crippen molar-refractivity contribution in [3.8, 4) is 5.88 Å². The number of pyridine rings is 1. The zero-order valence-electron chi connectivity index (χ0n) is 5.73. The molecule has 0 aromatic carbocycles. The molecule has 2 heterocycles. The van der Waals surface area contributed by atoms with E-state index in [-0.39, 0.29) is 5.88 Å². The summed E-state index contributed by atoms with van der Waals surface area (Å²) in [5, 5.41) is 9.28. The lowest BCUT2D eigenvalue weighted by Crippen LogP contribution is -1.93. The number of imidazole rings is 1. The zero-order chi connectivity index (χ0) is 7.84. The maximum Gasteiger partial charge on any atom is 0.207 e. The Kier molecular flexibility index (Phi) is 1.03. The molecule has 0 saturated carbocycles. The minimum absolute atomic E-state index is 0.109. The highest BCUT2D eigenvalue weighted by molar-refractivity contribution is 5.53. The zero-order valence-corrected chi connectivity index (χ0v) is 5.73. The van der Waals surface area contributed by atoms with E-state index in [9.17, 15) is 5.11 Å². The van der Waals surface area contributed by atoms with Gasteiger partial charge in [-0.15, -0.1) is 0 Å². The number of aromatic nitrogens is 2. The van der Waals surface area contributed by atoms with E-state index >= 15 is 0 Å². The van der Waals surface area contributed by atoms with E-state index in [4.69, 9.17) is 5.73 Å². The number of rotatable bonds is 0. The van der Waals surface area contributed by atoms with Gasteiger partial charge in [0.25, 0.3) is 0 Å². The SMILES string of the molecule is Nc1ncc2cccc(O)n12. The second-order valence-electron chi connectivity index (χ2n) is 2.26. The monoisotopic (exact) mass is 149 g/mol. The summed E-state index contributed by atoms with van der Waals surface area (Å²) in [6.07, 6.45) is 1.61. The molecule has 0 fully saturated rings. The third kappa shape index (κ3) is 0.724. The van der Waals surface area contributed by atoms with E-state index in [1.807, 2.05) is 6.07 Å². The van der Waals surface area contributed by atoms with Crippen LogP contribution in [-0.2, 0) is 0 Å². The van der Waals surface area contributed by atoms with Crippen molar-refractivity contribution in [1.82, 2.24) is 9.38 Å². The van der Waals surface area contributed by atoms with E-state index in [0.29, 0.717) is 5.95 Å². The van der Waals surface area contributed by atoms with Crippen LogP contribution >= 0.6 is 0 Å². The molecule has 2 aromatic rings. The molecular weight excluding hydrogens is 142 g/mol. The lowest BCUT2D eigenvalue weighted by Gasteiger charge is -1.97. The highest BCUT2D eigenvalue weighted by atomic mass is 16.3. The molecule has 0 aliphatic heterocycles. The van der Waals surface area contributed by atoms with Gasteiger partial charge in [-0.25, -0.2) is 9.38 Å². The van der Waals surface area contributed by atoms with Crippen LogP contribution in [0, 0.1) is 0 Å². The van der Waals surface area contributed by atoms with Gasteiger partial charge in [0.2, 0.25) is 5.95 Å². The minimum atomic E-state index is 0.109. The minimum Gasteiger partial charge on any atom is -0.494 e. The summed E-state index contributed by atoms with van der Waals surface area (Å²) in [4.78, 5) is 3.84. The average Bonchev–Trinajstić information content (AvgIpc) is 2.34. The second-order valence-corrected chi connectivity index (χ2v) is 2.26. The molecule has 4 nitrogen and oxygen atoms in total. The molecule has 0 saturated heterocycles. The van der Waals surface area contributed by atoms with Gasteiger partial charge in [0.05, 0.1) is 11.7 Å². The topological polar surface area (TPSA) is 63.5 Å². The van der Waals surface area contributed by atoms with Crippen LogP contribution in [0.1, 0.15) is 0 Å². The molecule has 0 bridgehead atoms. The van der Waals surface area contributed by atoms with Crippen molar-refractivity contribution in [3.63, 3.8) is 0 Å². The van der Waals surface area contributed by atoms with Crippen LogP contribution in [0.3, 0.4) is 0 Å². The first-order valence-corrected chi connectivity index (χ1v) is 3.20. The summed E-state index contributed by atoms with van der Waals surface area (Å²) < 4.78 is 1.47. The molecule has 4 heteroatoms. The van der Waals surface area contributed by atoms with E-state index in [1.54, 1.807) is 18.3 Å². The quantitative estimate of drug-likeness (QED) is 0.577. The van der Waals surface area contributed by atoms with Crippen molar-refractivity contribution >= 4 is 11.5 Å². The second kappa shape index (κ2) is 1.88. The van der Waals surface area contributed by atoms with Gasteiger partial charge in [0.1, 0.15) is 0 Å². The molecule has 0 aliphatic carbocycles.